The van der Waals surface area contributed by atoms with Crippen LogP contribution < -0.4 is 5.32 Å². The molecule has 0 aromatic rings. The molecule has 0 saturated heterocycles. The minimum atomic E-state index is -0.867. The molecule has 2 amide bonds. The van der Waals surface area contributed by atoms with E-state index < -0.39 is 5.97 Å². The van der Waals surface area contributed by atoms with Gasteiger partial charge < -0.3 is 15.3 Å². The molecule has 5 heteroatoms. The summed E-state index contributed by atoms with van der Waals surface area (Å²) >= 11 is 0. The van der Waals surface area contributed by atoms with Crippen LogP contribution in [-0.4, -0.2) is 41.6 Å². The summed E-state index contributed by atoms with van der Waals surface area (Å²) in [5.74, 6) is 0.582. The lowest BCUT2D eigenvalue weighted by Crippen LogP contribution is -2.43. The number of carboxylic acids is 1. The molecular formula is C15H28N2O3. The Kier molecular flexibility index (Phi) is 7.41. The Bertz CT molecular complexity index is 312. The molecule has 0 aromatic heterocycles. The fourth-order valence-corrected chi connectivity index (χ4v) is 2.82. The minimum absolute atomic E-state index is 0.00285. The van der Waals surface area contributed by atoms with Crippen LogP contribution in [-0.2, 0) is 4.79 Å². The number of rotatable bonds is 7. The second-order valence-electron chi connectivity index (χ2n) is 5.70. The van der Waals surface area contributed by atoms with Gasteiger partial charge in [0.25, 0.3) is 0 Å². The van der Waals surface area contributed by atoms with Gasteiger partial charge in [-0.25, -0.2) is 4.79 Å². The Morgan fingerprint density at radius 3 is 2.25 bits per heavy atom. The number of carboxylic acid groups (broad SMARTS) is 1. The van der Waals surface area contributed by atoms with E-state index in [0.717, 1.165) is 12.5 Å². The Morgan fingerprint density at radius 2 is 1.75 bits per heavy atom. The van der Waals surface area contributed by atoms with Crippen LogP contribution in [0.15, 0.2) is 0 Å². The number of urea groups is 1. The number of amides is 2. The van der Waals surface area contributed by atoms with Crippen molar-refractivity contribution in [3.05, 3.63) is 0 Å². The molecule has 0 aliphatic heterocycles. The molecule has 0 unspecified atom stereocenters. The molecule has 1 aliphatic rings. The third-order valence-corrected chi connectivity index (χ3v) is 4.35. The molecular weight excluding hydrogens is 256 g/mol. The predicted molar refractivity (Wildman–Crippen MR) is 78.6 cm³/mol. The van der Waals surface area contributed by atoms with E-state index >= 15 is 0 Å². The Hall–Kier alpha value is -1.26. The SMILES string of the molecule is CCC1CCC(CNC(=O)N(CC)CCC(=O)O)CC1. The molecule has 1 fully saturated rings. The second kappa shape index (κ2) is 8.82. The molecule has 0 radical (unpaired) electrons. The topological polar surface area (TPSA) is 69.6 Å². The van der Waals surface area contributed by atoms with Crippen molar-refractivity contribution in [2.24, 2.45) is 11.8 Å². The van der Waals surface area contributed by atoms with Gasteiger partial charge in [0.2, 0.25) is 0 Å². The summed E-state index contributed by atoms with van der Waals surface area (Å²) in [4.78, 5) is 24.1. The molecule has 0 aromatic carbocycles. The van der Waals surface area contributed by atoms with E-state index in [1.54, 1.807) is 4.90 Å². The van der Waals surface area contributed by atoms with Gasteiger partial charge in [-0.2, -0.15) is 0 Å². The number of hydrogen-bond acceptors (Lipinski definition) is 2. The van der Waals surface area contributed by atoms with Crippen LogP contribution in [0.3, 0.4) is 0 Å². The summed E-state index contributed by atoms with van der Waals surface area (Å²) in [6.07, 6.45) is 6.20. The fraction of sp³-hybridized carbons (Fsp3) is 0.867. The molecule has 5 nitrogen and oxygen atoms in total. The molecule has 0 atom stereocenters. The summed E-state index contributed by atoms with van der Waals surface area (Å²) in [6.45, 7) is 5.66. The first-order valence-electron chi connectivity index (χ1n) is 7.81. The van der Waals surface area contributed by atoms with Crippen molar-refractivity contribution in [3.63, 3.8) is 0 Å². The first-order chi connectivity index (χ1) is 9.56. The highest BCUT2D eigenvalue weighted by Gasteiger charge is 2.21. The Labute approximate surface area is 121 Å². The highest BCUT2D eigenvalue weighted by atomic mass is 16.4. The maximum absolute atomic E-state index is 12.0. The van der Waals surface area contributed by atoms with Gasteiger partial charge in [-0.05, 0) is 31.6 Å². The van der Waals surface area contributed by atoms with Crippen molar-refractivity contribution in [3.8, 4) is 0 Å². The van der Waals surface area contributed by atoms with E-state index in [1.165, 1.54) is 32.1 Å². The molecule has 1 aliphatic carbocycles. The molecule has 20 heavy (non-hydrogen) atoms. The smallest absolute Gasteiger partial charge is 0.317 e. The van der Waals surface area contributed by atoms with Crippen LogP contribution in [0.25, 0.3) is 0 Å². The van der Waals surface area contributed by atoms with Crippen LogP contribution in [0.1, 0.15) is 52.4 Å². The molecule has 0 spiro atoms. The van der Waals surface area contributed by atoms with Crippen LogP contribution in [0.2, 0.25) is 0 Å². The quantitative estimate of drug-likeness (QED) is 0.755. The average Bonchev–Trinajstić information content (AvgIpc) is 2.46. The number of nitrogens with zero attached hydrogens (tertiary/aromatic N) is 1. The van der Waals surface area contributed by atoms with Crippen molar-refractivity contribution in [1.82, 2.24) is 10.2 Å². The molecule has 0 bridgehead atoms. The van der Waals surface area contributed by atoms with Crippen molar-refractivity contribution >= 4 is 12.0 Å². The largest absolute Gasteiger partial charge is 0.481 e. The van der Waals surface area contributed by atoms with E-state index in [1.807, 2.05) is 6.92 Å². The van der Waals surface area contributed by atoms with Gasteiger partial charge in [-0.3, -0.25) is 4.79 Å². The number of carbonyl (C=O) groups excluding carboxylic acids is 1. The van der Waals surface area contributed by atoms with Crippen LogP contribution in [0.5, 0.6) is 0 Å². The van der Waals surface area contributed by atoms with Crippen LogP contribution in [0.4, 0.5) is 4.79 Å². The van der Waals surface area contributed by atoms with Gasteiger partial charge in [0.15, 0.2) is 0 Å². The highest BCUT2D eigenvalue weighted by Crippen LogP contribution is 2.30. The Morgan fingerprint density at radius 1 is 1.15 bits per heavy atom. The first-order valence-corrected chi connectivity index (χ1v) is 7.81. The zero-order valence-corrected chi connectivity index (χ0v) is 12.7. The summed E-state index contributed by atoms with van der Waals surface area (Å²) in [6, 6.07) is -0.133. The standard InChI is InChI=1S/C15H28N2O3/c1-3-12-5-7-13(8-6-12)11-16-15(20)17(4-2)10-9-14(18)19/h12-13H,3-11H2,1-2H3,(H,16,20)(H,18,19). The van der Waals surface area contributed by atoms with Gasteiger partial charge >= 0.3 is 12.0 Å². The first kappa shape index (κ1) is 16.8. The zero-order chi connectivity index (χ0) is 15.0. The lowest BCUT2D eigenvalue weighted by molar-refractivity contribution is -0.137. The third kappa shape index (κ3) is 5.80. The normalized spacial score (nSPS) is 22.3. The van der Waals surface area contributed by atoms with E-state index in [4.69, 9.17) is 5.11 Å². The van der Waals surface area contributed by atoms with Gasteiger partial charge in [0.05, 0.1) is 6.42 Å². The van der Waals surface area contributed by atoms with E-state index in [2.05, 4.69) is 12.2 Å². The fourth-order valence-electron chi connectivity index (χ4n) is 2.82. The third-order valence-electron chi connectivity index (χ3n) is 4.35. The molecule has 1 saturated carbocycles. The zero-order valence-electron chi connectivity index (χ0n) is 12.7. The maximum Gasteiger partial charge on any atom is 0.317 e. The second-order valence-corrected chi connectivity index (χ2v) is 5.70. The molecule has 0 heterocycles. The van der Waals surface area contributed by atoms with Crippen LogP contribution >= 0.6 is 0 Å². The molecule has 1 rings (SSSR count). The minimum Gasteiger partial charge on any atom is -0.481 e. The summed E-state index contributed by atoms with van der Waals surface area (Å²) in [5, 5.41) is 11.6. The lowest BCUT2D eigenvalue weighted by atomic mass is 9.81. The van der Waals surface area contributed by atoms with Gasteiger partial charge in [0, 0.05) is 19.6 Å². The molecule has 116 valence electrons. The van der Waals surface area contributed by atoms with Crippen LogP contribution in [0, 0.1) is 11.8 Å². The van der Waals surface area contributed by atoms with E-state index in [-0.39, 0.29) is 19.0 Å². The maximum atomic E-state index is 12.0. The van der Waals surface area contributed by atoms with Gasteiger partial charge in [-0.1, -0.05) is 26.2 Å². The highest BCUT2D eigenvalue weighted by molar-refractivity contribution is 5.75. The van der Waals surface area contributed by atoms with Crippen molar-refractivity contribution in [1.29, 1.82) is 0 Å². The Balaban J connectivity index is 2.25. The van der Waals surface area contributed by atoms with Crippen molar-refractivity contribution in [2.75, 3.05) is 19.6 Å². The summed E-state index contributed by atoms with van der Waals surface area (Å²) in [5.41, 5.74) is 0. The number of aliphatic carboxylic acids is 1. The van der Waals surface area contributed by atoms with Crippen molar-refractivity contribution < 1.29 is 14.7 Å². The number of carbonyl (C=O) groups is 2. The number of hydrogen-bond donors (Lipinski definition) is 2. The van der Waals surface area contributed by atoms with Crippen molar-refractivity contribution in [2.45, 2.75) is 52.4 Å². The van der Waals surface area contributed by atoms with E-state index in [9.17, 15) is 9.59 Å². The van der Waals surface area contributed by atoms with E-state index in [0.29, 0.717) is 12.5 Å². The number of nitrogens with one attached hydrogen (secondary N) is 1. The molecule has 2 N–H and O–H groups in total. The summed E-state index contributed by atoms with van der Waals surface area (Å²) < 4.78 is 0. The predicted octanol–water partition coefficient (Wildman–Crippen LogP) is 2.71. The van der Waals surface area contributed by atoms with Gasteiger partial charge in [0.1, 0.15) is 0 Å². The van der Waals surface area contributed by atoms with Gasteiger partial charge in [-0.15, -0.1) is 0 Å². The monoisotopic (exact) mass is 284 g/mol. The lowest BCUT2D eigenvalue weighted by Gasteiger charge is -2.29. The summed E-state index contributed by atoms with van der Waals surface area (Å²) in [7, 11) is 0. The average molecular weight is 284 g/mol.